The number of ether oxygens (including phenoxy) is 2. The van der Waals surface area contributed by atoms with Crippen LogP contribution in [0.1, 0.15) is 6.92 Å². The minimum Gasteiger partial charge on any atom is -0.388 e. The summed E-state index contributed by atoms with van der Waals surface area (Å²) in [7, 11) is 1.33. The van der Waals surface area contributed by atoms with Gasteiger partial charge in [-0.3, -0.25) is 4.79 Å². The molecule has 1 aliphatic heterocycles. The first kappa shape index (κ1) is 13.9. The smallest absolute Gasteiger partial charge is 0.186 e. The Morgan fingerprint density at radius 1 is 1.31 bits per heavy atom. The molecule has 0 aromatic carbocycles. The Balaban J connectivity index is 2.60. The second-order valence-corrected chi connectivity index (χ2v) is 4.75. The van der Waals surface area contributed by atoms with Gasteiger partial charge in [0.05, 0.1) is 6.10 Å². The second-order valence-electron chi connectivity index (χ2n) is 3.55. The summed E-state index contributed by atoms with van der Waals surface area (Å²) < 4.78 is 10.0. The van der Waals surface area contributed by atoms with Gasteiger partial charge in [0.2, 0.25) is 0 Å². The number of carbonyl (C=O) groups is 1. The van der Waals surface area contributed by atoms with Crippen molar-refractivity contribution in [3.8, 4) is 0 Å². The molecular formula is C9H16O6S. The third-order valence-corrected chi connectivity index (χ3v) is 3.25. The SMILES string of the molecule is CO[C@H]1O[C@H](CSC(C)=O)[C@H](O)[C@H](O)[C@H]1O. The highest BCUT2D eigenvalue weighted by molar-refractivity contribution is 8.13. The molecule has 0 aromatic heterocycles. The quantitative estimate of drug-likeness (QED) is 0.575. The van der Waals surface area contributed by atoms with Crippen LogP contribution in [0.2, 0.25) is 0 Å². The summed E-state index contributed by atoms with van der Waals surface area (Å²) in [5.41, 5.74) is 0. The molecule has 0 bridgehead atoms. The number of aliphatic hydroxyl groups excluding tert-OH is 3. The van der Waals surface area contributed by atoms with Crippen molar-refractivity contribution in [2.75, 3.05) is 12.9 Å². The Labute approximate surface area is 97.5 Å². The van der Waals surface area contributed by atoms with Crippen molar-refractivity contribution in [2.24, 2.45) is 0 Å². The number of hydrogen-bond donors (Lipinski definition) is 3. The van der Waals surface area contributed by atoms with Crippen LogP contribution >= 0.6 is 11.8 Å². The molecule has 0 radical (unpaired) electrons. The van der Waals surface area contributed by atoms with Crippen LogP contribution in [0.5, 0.6) is 0 Å². The molecule has 7 heteroatoms. The molecule has 1 aliphatic rings. The summed E-state index contributed by atoms with van der Waals surface area (Å²) in [5.74, 6) is 0.208. The van der Waals surface area contributed by atoms with Crippen molar-refractivity contribution in [3.63, 3.8) is 0 Å². The highest BCUT2D eigenvalue weighted by atomic mass is 32.2. The van der Waals surface area contributed by atoms with E-state index >= 15 is 0 Å². The minimum absolute atomic E-state index is 0.106. The Kier molecular flexibility index (Phi) is 5.16. The molecule has 0 amide bonds. The summed E-state index contributed by atoms with van der Waals surface area (Å²) in [6.07, 6.45) is -5.59. The molecule has 1 saturated heterocycles. The maximum Gasteiger partial charge on any atom is 0.186 e. The van der Waals surface area contributed by atoms with Crippen LogP contribution in [0.3, 0.4) is 0 Å². The molecule has 3 N–H and O–H groups in total. The average molecular weight is 252 g/mol. The number of carbonyl (C=O) groups excluding carboxylic acids is 1. The van der Waals surface area contributed by atoms with E-state index in [1.165, 1.54) is 14.0 Å². The first-order valence-corrected chi connectivity index (χ1v) is 5.81. The molecule has 1 heterocycles. The molecule has 94 valence electrons. The lowest BCUT2D eigenvalue weighted by molar-refractivity contribution is -0.284. The van der Waals surface area contributed by atoms with Gasteiger partial charge < -0.3 is 24.8 Å². The predicted octanol–water partition coefficient (Wildman–Crippen LogP) is -1.28. The highest BCUT2D eigenvalue weighted by Gasteiger charge is 2.43. The van der Waals surface area contributed by atoms with E-state index in [9.17, 15) is 20.1 Å². The van der Waals surface area contributed by atoms with E-state index in [0.29, 0.717) is 0 Å². The summed E-state index contributed by atoms with van der Waals surface area (Å²) >= 11 is 0.985. The number of methoxy groups -OCH3 is 1. The Hall–Kier alpha value is -0.180. The lowest BCUT2D eigenvalue weighted by Crippen LogP contribution is -2.58. The van der Waals surface area contributed by atoms with E-state index < -0.39 is 30.7 Å². The predicted molar refractivity (Wildman–Crippen MR) is 56.8 cm³/mol. The highest BCUT2D eigenvalue weighted by Crippen LogP contribution is 2.24. The summed E-state index contributed by atoms with van der Waals surface area (Å²) in [5, 5.41) is 28.5. The lowest BCUT2D eigenvalue weighted by Gasteiger charge is -2.39. The first-order chi connectivity index (χ1) is 7.47. The molecule has 6 nitrogen and oxygen atoms in total. The number of rotatable bonds is 3. The van der Waals surface area contributed by atoms with Gasteiger partial charge in [-0.05, 0) is 0 Å². The van der Waals surface area contributed by atoms with Gasteiger partial charge in [0, 0.05) is 19.8 Å². The zero-order chi connectivity index (χ0) is 12.3. The second kappa shape index (κ2) is 5.95. The molecule has 1 rings (SSSR count). The standard InChI is InChI=1S/C9H16O6S/c1-4(10)16-3-5-6(11)7(12)8(13)9(14-2)15-5/h5-9,11-13H,3H2,1-2H3/t5-,6+,7+,8-,9+/m1/s1. The molecule has 0 aliphatic carbocycles. The van der Waals surface area contributed by atoms with Crippen molar-refractivity contribution < 1.29 is 29.6 Å². The van der Waals surface area contributed by atoms with Crippen molar-refractivity contribution >= 4 is 16.9 Å². The zero-order valence-electron chi connectivity index (χ0n) is 9.07. The van der Waals surface area contributed by atoms with E-state index in [1.54, 1.807) is 0 Å². The van der Waals surface area contributed by atoms with Crippen molar-refractivity contribution in [3.05, 3.63) is 0 Å². The zero-order valence-corrected chi connectivity index (χ0v) is 9.88. The van der Waals surface area contributed by atoms with Crippen LogP contribution in [-0.2, 0) is 14.3 Å². The molecule has 16 heavy (non-hydrogen) atoms. The van der Waals surface area contributed by atoms with Crippen LogP contribution in [0.15, 0.2) is 0 Å². The minimum atomic E-state index is -1.34. The first-order valence-electron chi connectivity index (χ1n) is 4.83. The average Bonchev–Trinajstić information content (AvgIpc) is 2.25. The normalized spacial score (nSPS) is 39.7. The molecule has 0 saturated carbocycles. The fraction of sp³-hybridized carbons (Fsp3) is 0.889. The van der Waals surface area contributed by atoms with Gasteiger partial charge in [-0.2, -0.15) is 0 Å². The summed E-state index contributed by atoms with van der Waals surface area (Å²) in [6, 6.07) is 0. The van der Waals surface area contributed by atoms with Crippen LogP contribution in [-0.4, -0.2) is 64.0 Å². The van der Waals surface area contributed by atoms with E-state index in [2.05, 4.69) is 0 Å². The molecule has 0 spiro atoms. The van der Waals surface area contributed by atoms with Crippen LogP contribution in [0.25, 0.3) is 0 Å². The maximum absolute atomic E-state index is 10.8. The van der Waals surface area contributed by atoms with E-state index in [1.807, 2.05) is 0 Å². The fourth-order valence-electron chi connectivity index (χ4n) is 1.45. The number of aliphatic hydroxyl groups is 3. The molecule has 5 atom stereocenters. The van der Waals surface area contributed by atoms with Crippen LogP contribution < -0.4 is 0 Å². The van der Waals surface area contributed by atoms with Crippen molar-refractivity contribution in [2.45, 2.75) is 37.6 Å². The Bertz CT molecular complexity index is 246. The van der Waals surface area contributed by atoms with Gasteiger partial charge in [-0.1, -0.05) is 11.8 Å². The number of hydrogen-bond acceptors (Lipinski definition) is 7. The van der Waals surface area contributed by atoms with Crippen molar-refractivity contribution in [1.29, 1.82) is 0 Å². The Morgan fingerprint density at radius 2 is 1.94 bits per heavy atom. The largest absolute Gasteiger partial charge is 0.388 e. The Morgan fingerprint density at radius 3 is 2.44 bits per heavy atom. The van der Waals surface area contributed by atoms with Gasteiger partial charge in [0.15, 0.2) is 11.4 Å². The molecular weight excluding hydrogens is 236 g/mol. The molecule has 0 unspecified atom stereocenters. The third kappa shape index (κ3) is 3.16. The topological polar surface area (TPSA) is 96.2 Å². The van der Waals surface area contributed by atoms with Crippen LogP contribution in [0.4, 0.5) is 0 Å². The number of thioether (sulfide) groups is 1. The van der Waals surface area contributed by atoms with Gasteiger partial charge in [0.1, 0.15) is 18.3 Å². The van der Waals surface area contributed by atoms with Crippen molar-refractivity contribution in [1.82, 2.24) is 0 Å². The van der Waals surface area contributed by atoms with E-state index in [4.69, 9.17) is 9.47 Å². The molecule has 0 aromatic rings. The maximum atomic E-state index is 10.8. The van der Waals surface area contributed by atoms with E-state index in [-0.39, 0.29) is 10.9 Å². The van der Waals surface area contributed by atoms with Gasteiger partial charge in [-0.25, -0.2) is 0 Å². The summed E-state index contributed by atoms with van der Waals surface area (Å²) in [6.45, 7) is 1.40. The van der Waals surface area contributed by atoms with Crippen LogP contribution in [0, 0.1) is 0 Å². The lowest BCUT2D eigenvalue weighted by atomic mass is 10.00. The third-order valence-electron chi connectivity index (χ3n) is 2.35. The monoisotopic (exact) mass is 252 g/mol. The van der Waals surface area contributed by atoms with E-state index in [0.717, 1.165) is 11.8 Å². The molecule has 1 fully saturated rings. The fourth-order valence-corrected chi connectivity index (χ4v) is 2.12. The summed E-state index contributed by atoms with van der Waals surface area (Å²) in [4.78, 5) is 10.8. The van der Waals surface area contributed by atoms with Gasteiger partial charge in [0.25, 0.3) is 0 Å². The van der Waals surface area contributed by atoms with Gasteiger partial charge in [-0.15, -0.1) is 0 Å². The van der Waals surface area contributed by atoms with Gasteiger partial charge >= 0.3 is 0 Å².